The van der Waals surface area contributed by atoms with E-state index in [2.05, 4.69) is 10.6 Å². The number of para-hydroxylation sites is 1. The zero-order chi connectivity index (χ0) is 20.8. The molecule has 0 spiro atoms. The number of carbonyl (C=O) groups is 2. The van der Waals surface area contributed by atoms with Gasteiger partial charge < -0.3 is 26.0 Å². The van der Waals surface area contributed by atoms with Gasteiger partial charge in [0.05, 0.1) is 25.6 Å². The summed E-state index contributed by atoms with van der Waals surface area (Å²) < 4.78 is 5.50. The highest BCUT2D eigenvalue weighted by Crippen LogP contribution is 2.31. The molecule has 2 aromatic rings. The van der Waals surface area contributed by atoms with Crippen LogP contribution in [0.15, 0.2) is 48.5 Å². The lowest BCUT2D eigenvalue weighted by Gasteiger charge is -2.38. The Balaban J connectivity index is 0.00000320. The van der Waals surface area contributed by atoms with Crippen LogP contribution in [0.25, 0.3) is 0 Å². The predicted octanol–water partition coefficient (Wildman–Crippen LogP) is 2.70. The van der Waals surface area contributed by atoms with Gasteiger partial charge >= 0.3 is 6.03 Å². The first-order chi connectivity index (χ1) is 14.0. The van der Waals surface area contributed by atoms with Gasteiger partial charge in [0.2, 0.25) is 5.91 Å². The van der Waals surface area contributed by atoms with E-state index >= 15 is 0 Å². The summed E-state index contributed by atoms with van der Waals surface area (Å²) >= 11 is 0. The summed E-state index contributed by atoms with van der Waals surface area (Å²) in [5, 5.41) is 6.08. The number of urea groups is 1. The first-order valence-corrected chi connectivity index (χ1v) is 9.75. The number of piperazine rings is 1. The number of hydrogen-bond acceptors (Lipinski definition) is 4. The molecular weight excluding hydrogens is 404 g/mol. The highest BCUT2D eigenvalue weighted by Gasteiger charge is 2.31. The van der Waals surface area contributed by atoms with Gasteiger partial charge in [-0.1, -0.05) is 48.0 Å². The largest absolute Gasteiger partial charge is 0.496 e. The maximum atomic E-state index is 13.3. The van der Waals surface area contributed by atoms with E-state index in [-0.39, 0.29) is 30.8 Å². The van der Waals surface area contributed by atoms with E-state index in [0.29, 0.717) is 13.1 Å². The summed E-state index contributed by atoms with van der Waals surface area (Å²) in [4.78, 5) is 26.7. The molecule has 1 saturated heterocycles. The second-order valence-electron chi connectivity index (χ2n) is 7.23. The molecule has 0 aromatic heterocycles. The van der Waals surface area contributed by atoms with Crippen LogP contribution in [0.5, 0.6) is 5.75 Å². The van der Waals surface area contributed by atoms with Crippen LogP contribution in [0.2, 0.25) is 0 Å². The molecule has 0 bridgehead atoms. The highest BCUT2D eigenvalue weighted by molar-refractivity contribution is 5.85. The number of hydrogen-bond donors (Lipinski definition) is 3. The number of nitrogens with two attached hydrogens (primary N) is 1. The Morgan fingerprint density at radius 3 is 2.73 bits per heavy atom. The van der Waals surface area contributed by atoms with Crippen molar-refractivity contribution in [3.8, 4) is 5.75 Å². The number of carbonyl (C=O) groups excluding carboxylic acids is 2. The van der Waals surface area contributed by atoms with Crippen LogP contribution in [0.4, 0.5) is 4.79 Å². The van der Waals surface area contributed by atoms with Crippen LogP contribution >= 0.6 is 12.4 Å². The minimum absolute atomic E-state index is 0. The van der Waals surface area contributed by atoms with Gasteiger partial charge in [0, 0.05) is 25.2 Å². The minimum atomic E-state index is -0.647. The number of aryl methyl sites for hydroxylation is 1. The molecule has 2 unspecified atom stereocenters. The fourth-order valence-electron chi connectivity index (χ4n) is 3.83. The average Bonchev–Trinajstić information content (AvgIpc) is 2.73. The van der Waals surface area contributed by atoms with Crippen molar-refractivity contribution in [1.29, 1.82) is 0 Å². The van der Waals surface area contributed by atoms with Crippen molar-refractivity contribution in [1.82, 2.24) is 15.5 Å². The van der Waals surface area contributed by atoms with Crippen LogP contribution in [0.1, 0.15) is 35.2 Å². The normalized spacial score (nSPS) is 16.9. The molecule has 162 valence electrons. The second-order valence-corrected chi connectivity index (χ2v) is 7.23. The smallest absolute Gasteiger partial charge is 0.312 e. The molecule has 1 heterocycles. The third kappa shape index (κ3) is 5.64. The highest BCUT2D eigenvalue weighted by atomic mass is 35.5. The van der Waals surface area contributed by atoms with Crippen molar-refractivity contribution in [3.63, 3.8) is 0 Å². The van der Waals surface area contributed by atoms with Crippen molar-refractivity contribution < 1.29 is 14.3 Å². The topological polar surface area (TPSA) is 96.7 Å². The number of benzene rings is 2. The Hall–Kier alpha value is -2.77. The molecule has 4 N–H and O–H groups in total. The molecule has 0 aliphatic carbocycles. The number of halogens is 1. The van der Waals surface area contributed by atoms with Gasteiger partial charge in [-0.3, -0.25) is 4.79 Å². The quantitative estimate of drug-likeness (QED) is 0.653. The van der Waals surface area contributed by atoms with E-state index in [4.69, 9.17) is 10.5 Å². The zero-order valence-electron chi connectivity index (χ0n) is 17.3. The van der Waals surface area contributed by atoms with Crippen molar-refractivity contribution in [3.05, 3.63) is 65.2 Å². The minimum Gasteiger partial charge on any atom is -0.496 e. The van der Waals surface area contributed by atoms with Crippen LogP contribution in [0, 0.1) is 6.92 Å². The molecule has 1 aliphatic rings. The molecule has 1 aliphatic heterocycles. The van der Waals surface area contributed by atoms with E-state index in [0.717, 1.165) is 29.0 Å². The van der Waals surface area contributed by atoms with Crippen molar-refractivity contribution in [2.45, 2.75) is 25.4 Å². The van der Waals surface area contributed by atoms with E-state index in [1.165, 1.54) is 0 Å². The molecule has 3 rings (SSSR count). The summed E-state index contributed by atoms with van der Waals surface area (Å²) in [6.07, 6.45) is 0.137. The molecule has 0 saturated carbocycles. The lowest BCUT2D eigenvalue weighted by atomic mass is 9.98. The zero-order valence-corrected chi connectivity index (χ0v) is 18.1. The van der Waals surface area contributed by atoms with Crippen LogP contribution in [-0.2, 0) is 4.79 Å². The van der Waals surface area contributed by atoms with Crippen molar-refractivity contribution in [2.24, 2.45) is 5.73 Å². The number of rotatable bonds is 6. The van der Waals surface area contributed by atoms with Gasteiger partial charge in [0.1, 0.15) is 5.75 Å². The molecule has 7 nitrogen and oxygen atoms in total. The van der Waals surface area contributed by atoms with Gasteiger partial charge in [-0.15, -0.1) is 12.4 Å². The molecule has 2 aromatic carbocycles. The van der Waals surface area contributed by atoms with Crippen molar-refractivity contribution >= 4 is 24.3 Å². The van der Waals surface area contributed by atoms with E-state index in [1.807, 2.05) is 60.4 Å². The van der Waals surface area contributed by atoms with E-state index in [1.54, 1.807) is 7.11 Å². The maximum Gasteiger partial charge on any atom is 0.312 e. The van der Waals surface area contributed by atoms with Crippen LogP contribution in [-0.4, -0.2) is 43.6 Å². The van der Waals surface area contributed by atoms with Crippen molar-refractivity contribution in [2.75, 3.05) is 26.7 Å². The molecular formula is C22H29ClN4O3. The fourth-order valence-corrected chi connectivity index (χ4v) is 3.83. The molecule has 30 heavy (non-hydrogen) atoms. The number of ether oxygens (including phenoxy) is 1. The fraction of sp³-hybridized carbons (Fsp3) is 0.364. The van der Waals surface area contributed by atoms with E-state index in [9.17, 15) is 9.59 Å². The van der Waals surface area contributed by atoms with Gasteiger partial charge in [0.15, 0.2) is 0 Å². The van der Waals surface area contributed by atoms with Gasteiger partial charge in [-0.05, 0) is 18.6 Å². The Kier molecular flexibility index (Phi) is 8.50. The van der Waals surface area contributed by atoms with Crippen LogP contribution in [0.3, 0.4) is 0 Å². The summed E-state index contributed by atoms with van der Waals surface area (Å²) in [6, 6.07) is 14.2. The Labute approximate surface area is 183 Å². The Morgan fingerprint density at radius 1 is 1.27 bits per heavy atom. The molecule has 1 fully saturated rings. The van der Waals surface area contributed by atoms with Gasteiger partial charge in [-0.25, -0.2) is 4.79 Å². The summed E-state index contributed by atoms with van der Waals surface area (Å²) in [5.41, 5.74) is 8.26. The summed E-state index contributed by atoms with van der Waals surface area (Å²) in [7, 11) is 1.63. The monoisotopic (exact) mass is 432 g/mol. The Bertz CT molecular complexity index is 877. The third-order valence-corrected chi connectivity index (χ3v) is 5.20. The number of nitrogens with zero attached hydrogens (tertiary/aromatic N) is 1. The molecule has 0 radical (unpaired) electrons. The van der Waals surface area contributed by atoms with Crippen LogP contribution < -0.4 is 21.1 Å². The summed E-state index contributed by atoms with van der Waals surface area (Å²) in [6.45, 7) is 3.92. The molecule has 2 atom stereocenters. The number of nitrogens with one attached hydrogen (secondary N) is 2. The van der Waals surface area contributed by atoms with E-state index < -0.39 is 12.1 Å². The average molecular weight is 433 g/mol. The van der Waals surface area contributed by atoms with Gasteiger partial charge in [-0.2, -0.15) is 0 Å². The maximum absolute atomic E-state index is 13.3. The second kappa shape index (κ2) is 10.8. The lowest BCUT2D eigenvalue weighted by Crippen LogP contribution is -2.49. The molecule has 8 heteroatoms. The number of methoxy groups -OCH3 is 1. The number of amides is 3. The Morgan fingerprint density at radius 2 is 2.03 bits per heavy atom. The number of primary amides is 1. The first kappa shape index (κ1) is 23.5. The predicted molar refractivity (Wildman–Crippen MR) is 119 cm³/mol. The SMILES string of the molecule is COc1ccccc1C1CNCCN1C(=O)CC(NC(N)=O)c1cccc(C)c1.Cl. The third-order valence-electron chi connectivity index (χ3n) is 5.20. The first-order valence-electron chi connectivity index (χ1n) is 9.75. The lowest BCUT2D eigenvalue weighted by molar-refractivity contribution is -0.135. The molecule has 3 amide bonds. The van der Waals surface area contributed by atoms with Gasteiger partial charge in [0.25, 0.3) is 0 Å². The summed E-state index contributed by atoms with van der Waals surface area (Å²) in [5.74, 6) is 0.715. The standard InChI is InChI=1S/C22H28N4O3.ClH/c1-15-6-5-7-16(12-15)18(25-22(23)28)13-21(27)26-11-10-24-14-19(26)17-8-3-4-9-20(17)29-2;/h3-9,12,18-19,24H,10-11,13-14H2,1-2H3,(H3,23,25,28);1H.